The normalized spacial score (nSPS) is 10.8. The Balaban J connectivity index is 2.06. The number of rotatable bonds is 6. The second-order valence-electron chi connectivity index (χ2n) is 5.30. The van der Waals surface area contributed by atoms with Crippen molar-refractivity contribution in [3.8, 4) is 22.5 Å². The van der Waals surface area contributed by atoms with Gasteiger partial charge in [-0.25, -0.2) is 9.37 Å². The Morgan fingerprint density at radius 1 is 1.08 bits per heavy atom. The maximum Gasteiger partial charge on any atom is 0.198 e. The molecule has 5 nitrogen and oxygen atoms in total. The van der Waals surface area contributed by atoms with Gasteiger partial charge in [0, 0.05) is 36.5 Å². The number of nitrogens with one attached hydrogen (secondary N) is 1. The number of nitrogens with zero attached hydrogens (tertiary/aromatic N) is 2. The van der Waals surface area contributed by atoms with Crippen molar-refractivity contribution in [1.82, 2.24) is 15.0 Å². The molecule has 0 unspecified atom stereocenters. The lowest BCUT2D eigenvalue weighted by atomic mass is 10.1. The first kappa shape index (κ1) is 16.0. The third-order valence-electron chi connectivity index (χ3n) is 3.62. The maximum atomic E-state index is 13.2. The Labute approximate surface area is 138 Å². The average Bonchev–Trinajstić information content (AvgIpc) is 3.06. The van der Waals surface area contributed by atoms with Crippen LogP contribution in [0.5, 0.6) is 0 Å². The second-order valence-corrected chi connectivity index (χ2v) is 5.30. The summed E-state index contributed by atoms with van der Waals surface area (Å²) in [5.74, 6) is -0.277. The Bertz CT molecular complexity index is 829. The van der Waals surface area contributed by atoms with Crippen LogP contribution in [0.25, 0.3) is 22.5 Å². The van der Waals surface area contributed by atoms with Crippen molar-refractivity contribution in [1.29, 1.82) is 0 Å². The zero-order valence-electron chi connectivity index (χ0n) is 12.9. The summed E-state index contributed by atoms with van der Waals surface area (Å²) in [6.07, 6.45) is 3.90. The minimum Gasteiger partial charge on any atom is -0.396 e. The van der Waals surface area contributed by atoms with Crippen LogP contribution in [0.3, 0.4) is 0 Å². The number of hydrogen-bond donors (Lipinski definition) is 2. The lowest BCUT2D eigenvalue weighted by molar-refractivity contribution is 0.0962. The van der Waals surface area contributed by atoms with Gasteiger partial charge in [-0.15, -0.1) is 0 Å². The fourth-order valence-corrected chi connectivity index (χ4v) is 2.41. The van der Waals surface area contributed by atoms with Crippen molar-refractivity contribution in [2.75, 3.05) is 6.61 Å². The molecule has 0 saturated carbocycles. The lowest BCUT2D eigenvalue weighted by Gasteiger charge is -2.02. The molecule has 2 heterocycles. The van der Waals surface area contributed by atoms with E-state index in [2.05, 4.69) is 15.0 Å². The number of aliphatic hydroxyl groups excluding tert-OH is 1. The van der Waals surface area contributed by atoms with Crippen LogP contribution in [0.15, 0.2) is 48.8 Å². The van der Waals surface area contributed by atoms with Gasteiger partial charge >= 0.3 is 0 Å². The standard InChI is InChI=1S/C18H16FN3O2/c19-14-5-3-12(4-6-14)16-17(13-7-9-20-10-8-13)22-18(21-16)15(24)2-1-11-23/h3-10,23H,1-2,11H2,(H,21,22). The molecule has 0 atom stereocenters. The molecule has 122 valence electrons. The van der Waals surface area contributed by atoms with E-state index in [1.807, 2.05) is 12.1 Å². The van der Waals surface area contributed by atoms with E-state index in [0.29, 0.717) is 23.4 Å². The number of carbonyl (C=O) groups excluding carboxylic acids is 1. The fraction of sp³-hybridized carbons (Fsp3) is 0.167. The zero-order valence-corrected chi connectivity index (χ0v) is 12.9. The number of carbonyl (C=O) groups is 1. The van der Waals surface area contributed by atoms with Crippen LogP contribution in [-0.4, -0.2) is 32.4 Å². The number of aromatic amines is 1. The van der Waals surface area contributed by atoms with Crippen molar-refractivity contribution in [3.63, 3.8) is 0 Å². The van der Waals surface area contributed by atoms with Gasteiger partial charge in [0.25, 0.3) is 0 Å². The Hall–Kier alpha value is -2.86. The highest BCUT2D eigenvalue weighted by Gasteiger charge is 2.18. The van der Waals surface area contributed by atoms with Crippen LogP contribution >= 0.6 is 0 Å². The van der Waals surface area contributed by atoms with Gasteiger partial charge in [0.2, 0.25) is 0 Å². The van der Waals surface area contributed by atoms with E-state index in [4.69, 9.17) is 5.11 Å². The van der Waals surface area contributed by atoms with Crippen molar-refractivity contribution in [3.05, 3.63) is 60.4 Å². The molecule has 0 fully saturated rings. The largest absolute Gasteiger partial charge is 0.396 e. The smallest absolute Gasteiger partial charge is 0.198 e. The molecule has 0 radical (unpaired) electrons. The van der Waals surface area contributed by atoms with E-state index in [-0.39, 0.29) is 30.5 Å². The molecule has 0 amide bonds. The summed E-state index contributed by atoms with van der Waals surface area (Å²) in [6, 6.07) is 9.57. The predicted octanol–water partition coefficient (Wildman–Crippen LogP) is 3.23. The molecule has 6 heteroatoms. The van der Waals surface area contributed by atoms with Crippen LogP contribution in [0, 0.1) is 5.82 Å². The topological polar surface area (TPSA) is 78.9 Å². The summed E-state index contributed by atoms with van der Waals surface area (Å²) in [7, 11) is 0. The van der Waals surface area contributed by atoms with Gasteiger partial charge in [-0.3, -0.25) is 9.78 Å². The molecule has 0 saturated heterocycles. The lowest BCUT2D eigenvalue weighted by Crippen LogP contribution is -2.02. The summed E-state index contributed by atoms with van der Waals surface area (Å²) in [6.45, 7) is -0.0471. The molecule has 2 N–H and O–H groups in total. The summed E-state index contributed by atoms with van der Waals surface area (Å²) >= 11 is 0. The highest BCUT2D eigenvalue weighted by molar-refractivity contribution is 5.95. The molecule has 3 aromatic rings. The average molecular weight is 325 g/mol. The van der Waals surface area contributed by atoms with Crippen LogP contribution < -0.4 is 0 Å². The Morgan fingerprint density at radius 3 is 2.46 bits per heavy atom. The molecular weight excluding hydrogens is 309 g/mol. The first-order valence-electron chi connectivity index (χ1n) is 7.59. The molecule has 0 aliphatic rings. The molecule has 0 aliphatic heterocycles. The Morgan fingerprint density at radius 2 is 1.79 bits per heavy atom. The predicted molar refractivity (Wildman–Crippen MR) is 87.9 cm³/mol. The Kier molecular flexibility index (Phi) is 4.77. The van der Waals surface area contributed by atoms with Crippen LogP contribution in [0.1, 0.15) is 23.5 Å². The van der Waals surface area contributed by atoms with Gasteiger partial charge in [-0.1, -0.05) is 0 Å². The van der Waals surface area contributed by atoms with E-state index in [1.165, 1.54) is 12.1 Å². The molecule has 2 aromatic heterocycles. The van der Waals surface area contributed by atoms with E-state index < -0.39 is 0 Å². The summed E-state index contributed by atoms with van der Waals surface area (Å²) in [4.78, 5) is 23.7. The number of ketones is 1. The van der Waals surface area contributed by atoms with Crippen molar-refractivity contribution in [2.45, 2.75) is 12.8 Å². The third-order valence-corrected chi connectivity index (χ3v) is 3.62. The highest BCUT2D eigenvalue weighted by Crippen LogP contribution is 2.30. The number of halogens is 1. The van der Waals surface area contributed by atoms with E-state index in [0.717, 1.165) is 5.56 Å². The maximum absolute atomic E-state index is 13.2. The number of benzene rings is 1. The molecule has 0 spiro atoms. The van der Waals surface area contributed by atoms with Gasteiger partial charge in [-0.05, 0) is 42.8 Å². The number of aliphatic hydroxyl groups is 1. The number of H-pyrrole nitrogens is 1. The summed E-state index contributed by atoms with van der Waals surface area (Å²) in [5, 5.41) is 8.88. The molecule has 0 aliphatic carbocycles. The number of aromatic nitrogens is 3. The van der Waals surface area contributed by atoms with Gasteiger partial charge in [0.05, 0.1) is 11.4 Å². The van der Waals surface area contributed by atoms with Gasteiger partial charge in [-0.2, -0.15) is 0 Å². The van der Waals surface area contributed by atoms with Gasteiger partial charge < -0.3 is 10.1 Å². The van der Waals surface area contributed by atoms with Crippen LogP contribution in [0.2, 0.25) is 0 Å². The minimum absolute atomic E-state index is 0.0471. The first-order chi connectivity index (χ1) is 11.7. The minimum atomic E-state index is -0.334. The van der Waals surface area contributed by atoms with Crippen LogP contribution in [-0.2, 0) is 0 Å². The number of imidazole rings is 1. The summed E-state index contributed by atoms with van der Waals surface area (Å²) < 4.78 is 13.2. The van der Waals surface area contributed by atoms with E-state index in [9.17, 15) is 9.18 Å². The van der Waals surface area contributed by atoms with Crippen molar-refractivity contribution in [2.24, 2.45) is 0 Å². The fourth-order valence-electron chi connectivity index (χ4n) is 2.41. The zero-order chi connectivity index (χ0) is 16.9. The van der Waals surface area contributed by atoms with Gasteiger partial charge in [0.15, 0.2) is 11.6 Å². The number of pyridine rings is 1. The first-order valence-corrected chi connectivity index (χ1v) is 7.59. The molecule has 24 heavy (non-hydrogen) atoms. The molecule has 3 rings (SSSR count). The molecular formula is C18H16FN3O2. The van der Waals surface area contributed by atoms with E-state index in [1.54, 1.807) is 24.5 Å². The molecule has 0 bridgehead atoms. The SMILES string of the molecule is O=C(CCCO)c1nc(-c2ccc(F)cc2)c(-c2ccncc2)[nH]1. The van der Waals surface area contributed by atoms with E-state index >= 15 is 0 Å². The van der Waals surface area contributed by atoms with Crippen molar-refractivity contribution < 1.29 is 14.3 Å². The monoisotopic (exact) mass is 325 g/mol. The number of hydrogen-bond acceptors (Lipinski definition) is 4. The number of Topliss-reactive ketones (excluding diaryl/α,β-unsaturated/α-hetero) is 1. The quantitative estimate of drug-likeness (QED) is 0.682. The van der Waals surface area contributed by atoms with Crippen LogP contribution in [0.4, 0.5) is 4.39 Å². The molecule has 1 aromatic carbocycles. The summed E-state index contributed by atoms with van der Waals surface area (Å²) in [5.41, 5.74) is 2.80. The highest BCUT2D eigenvalue weighted by atomic mass is 19.1. The third kappa shape index (κ3) is 3.38. The van der Waals surface area contributed by atoms with Gasteiger partial charge in [0.1, 0.15) is 5.82 Å². The second kappa shape index (κ2) is 7.14. The van der Waals surface area contributed by atoms with Crippen molar-refractivity contribution >= 4 is 5.78 Å².